The zero-order valence-corrected chi connectivity index (χ0v) is 11.7. The molecule has 6 nitrogen and oxygen atoms in total. The first kappa shape index (κ1) is 16.8. The van der Waals surface area contributed by atoms with Gasteiger partial charge in [-0.15, -0.1) is 0 Å². The molecule has 0 aliphatic carbocycles. The van der Waals surface area contributed by atoms with Gasteiger partial charge in [0.2, 0.25) is 10.0 Å². The van der Waals surface area contributed by atoms with Gasteiger partial charge in [-0.2, -0.15) is 0 Å². The van der Waals surface area contributed by atoms with Crippen LogP contribution in [0.1, 0.15) is 12.8 Å². The number of hydrogen-bond donors (Lipinski definition) is 2. The molecule has 0 radical (unpaired) electrons. The lowest BCUT2D eigenvalue weighted by atomic mass is 10.3. The van der Waals surface area contributed by atoms with Crippen LogP contribution in [0.25, 0.3) is 0 Å². The van der Waals surface area contributed by atoms with E-state index in [1.807, 2.05) is 7.05 Å². The zero-order chi connectivity index (χ0) is 13.1. The van der Waals surface area contributed by atoms with Crippen LogP contribution >= 0.6 is 0 Å². The van der Waals surface area contributed by atoms with Gasteiger partial charge in [0.05, 0.1) is 18.5 Å². The quantitative estimate of drug-likeness (QED) is 0.497. The van der Waals surface area contributed by atoms with Crippen LogP contribution in [0, 0.1) is 0 Å². The highest BCUT2D eigenvalue weighted by Crippen LogP contribution is 1.96. The third-order valence-corrected chi connectivity index (χ3v) is 3.74. The molecule has 0 aromatic rings. The fourth-order valence-corrected chi connectivity index (χ4v) is 2.45. The molecule has 0 aromatic carbocycles. The Hall–Kier alpha value is -0.210. The molecule has 0 fully saturated rings. The summed E-state index contributed by atoms with van der Waals surface area (Å²) in [5.74, 6) is 0.151. The molecule has 0 aliphatic rings. The van der Waals surface area contributed by atoms with E-state index in [2.05, 4.69) is 10.0 Å². The fourth-order valence-electron chi connectivity index (χ4n) is 1.28. The first-order chi connectivity index (χ1) is 8.05. The Kier molecular flexibility index (Phi) is 9.66. The molecule has 0 spiro atoms. The Bertz CT molecular complexity index is 269. The van der Waals surface area contributed by atoms with Gasteiger partial charge >= 0.3 is 0 Å². The highest BCUT2D eigenvalue weighted by molar-refractivity contribution is 7.89. The maximum Gasteiger partial charge on any atom is 0.211 e. The van der Waals surface area contributed by atoms with Crippen molar-refractivity contribution < 1.29 is 17.9 Å². The lowest BCUT2D eigenvalue weighted by Crippen LogP contribution is -2.36. The van der Waals surface area contributed by atoms with Gasteiger partial charge in [0.25, 0.3) is 0 Å². The van der Waals surface area contributed by atoms with Gasteiger partial charge in [0, 0.05) is 20.8 Å². The molecule has 0 amide bonds. The first-order valence-electron chi connectivity index (χ1n) is 5.69. The topological polar surface area (TPSA) is 76.7 Å². The van der Waals surface area contributed by atoms with E-state index in [1.165, 1.54) is 7.11 Å². The molecule has 7 heteroatoms. The molecular formula is C10H24N2O4S. The number of ether oxygens (including phenoxy) is 2. The normalized spacial score (nSPS) is 13.8. The maximum absolute atomic E-state index is 11.6. The van der Waals surface area contributed by atoms with Crippen molar-refractivity contribution in [1.82, 2.24) is 10.0 Å². The minimum atomic E-state index is -3.20. The van der Waals surface area contributed by atoms with Crippen LogP contribution in [0.3, 0.4) is 0 Å². The van der Waals surface area contributed by atoms with Gasteiger partial charge in [-0.1, -0.05) is 0 Å². The first-order valence-corrected chi connectivity index (χ1v) is 7.34. The van der Waals surface area contributed by atoms with Crippen LogP contribution in [0.2, 0.25) is 0 Å². The van der Waals surface area contributed by atoms with Crippen molar-refractivity contribution in [1.29, 1.82) is 0 Å². The molecule has 0 aliphatic heterocycles. The average Bonchev–Trinajstić information content (AvgIpc) is 2.30. The van der Waals surface area contributed by atoms with Gasteiger partial charge in [-0.05, 0) is 26.4 Å². The second-order valence-corrected chi connectivity index (χ2v) is 5.72. The van der Waals surface area contributed by atoms with Gasteiger partial charge in [-0.25, -0.2) is 13.1 Å². The third kappa shape index (κ3) is 9.49. The SMILES string of the molecule is CNCCCCS(=O)(=O)NCC(COC)OC. The summed E-state index contributed by atoms with van der Waals surface area (Å²) < 4.78 is 35.7. The standard InChI is InChI=1S/C10H24N2O4S/c1-11-6-4-5-7-17(13,14)12-8-10(16-3)9-15-2/h10-12H,4-9H2,1-3H3. The van der Waals surface area contributed by atoms with E-state index in [0.29, 0.717) is 13.0 Å². The van der Waals surface area contributed by atoms with Crippen LogP contribution in [0.5, 0.6) is 0 Å². The summed E-state index contributed by atoms with van der Waals surface area (Å²) in [7, 11) is 1.74. The Morgan fingerprint density at radius 1 is 1.24 bits per heavy atom. The van der Waals surface area contributed by atoms with E-state index in [9.17, 15) is 8.42 Å². The van der Waals surface area contributed by atoms with Gasteiger partial charge in [0.15, 0.2) is 0 Å². The summed E-state index contributed by atoms with van der Waals surface area (Å²) in [6.45, 7) is 1.46. The molecule has 1 atom stereocenters. The van der Waals surface area contributed by atoms with Gasteiger partial charge in [-0.3, -0.25) is 0 Å². The number of sulfonamides is 1. The lowest BCUT2D eigenvalue weighted by Gasteiger charge is -2.15. The van der Waals surface area contributed by atoms with E-state index >= 15 is 0 Å². The number of nitrogens with one attached hydrogen (secondary N) is 2. The molecule has 0 saturated carbocycles. The maximum atomic E-state index is 11.6. The summed E-state index contributed by atoms with van der Waals surface area (Å²) in [5, 5.41) is 2.98. The van der Waals surface area contributed by atoms with Gasteiger partial charge in [0.1, 0.15) is 0 Å². The Balaban J connectivity index is 3.83. The number of methoxy groups -OCH3 is 2. The van der Waals surface area contributed by atoms with Crippen LogP contribution < -0.4 is 10.0 Å². The smallest absolute Gasteiger partial charge is 0.211 e. The van der Waals surface area contributed by atoms with Crippen molar-refractivity contribution in [3.63, 3.8) is 0 Å². The van der Waals surface area contributed by atoms with Crippen LogP contribution in [0.4, 0.5) is 0 Å². The summed E-state index contributed by atoms with van der Waals surface area (Å²) in [6.07, 6.45) is 1.26. The minimum Gasteiger partial charge on any atom is -0.382 e. The molecule has 0 bridgehead atoms. The van der Waals surface area contributed by atoms with Crippen molar-refractivity contribution >= 4 is 10.0 Å². The van der Waals surface area contributed by atoms with E-state index < -0.39 is 10.0 Å². The second kappa shape index (κ2) is 9.78. The van der Waals surface area contributed by atoms with Crippen molar-refractivity contribution in [2.75, 3.05) is 46.7 Å². The van der Waals surface area contributed by atoms with Crippen molar-refractivity contribution in [2.24, 2.45) is 0 Å². The second-order valence-electron chi connectivity index (χ2n) is 3.79. The van der Waals surface area contributed by atoms with Gasteiger partial charge < -0.3 is 14.8 Å². The Labute approximate surface area is 104 Å². The van der Waals surface area contributed by atoms with E-state index in [-0.39, 0.29) is 18.4 Å². The molecule has 0 heterocycles. The summed E-state index contributed by atoms with van der Waals surface area (Å²) >= 11 is 0. The molecule has 0 saturated heterocycles. The van der Waals surface area contributed by atoms with Crippen molar-refractivity contribution in [3.8, 4) is 0 Å². The van der Waals surface area contributed by atoms with Crippen molar-refractivity contribution in [2.45, 2.75) is 18.9 Å². The third-order valence-electron chi connectivity index (χ3n) is 2.31. The van der Waals surface area contributed by atoms with Crippen LogP contribution in [-0.2, 0) is 19.5 Å². The number of rotatable bonds is 11. The molecule has 0 aromatic heterocycles. The summed E-state index contributed by atoms with van der Waals surface area (Å²) in [5.41, 5.74) is 0. The number of hydrogen-bond acceptors (Lipinski definition) is 5. The fraction of sp³-hybridized carbons (Fsp3) is 1.00. The molecule has 2 N–H and O–H groups in total. The Morgan fingerprint density at radius 2 is 1.94 bits per heavy atom. The molecule has 0 rings (SSSR count). The predicted octanol–water partition coefficient (Wildman–Crippen LogP) is -0.433. The summed E-state index contributed by atoms with van der Waals surface area (Å²) in [4.78, 5) is 0. The highest BCUT2D eigenvalue weighted by Gasteiger charge is 2.13. The van der Waals surface area contributed by atoms with Crippen molar-refractivity contribution in [3.05, 3.63) is 0 Å². The molecule has 1 unspecified atom stereocenters. The molecule has 104 valence electrons. The minimum absolute atomic E-state index is 0.151. The van der Waals surface area contributed by atoms with Crippen LogP contribution in [0.15, 0.2) is 0 Å². The monoisotopic (exact) mass is 268 g/mol. The Morgan fingerprint density at radius 3 is 2.47 bits per heavy atom. The zero-order valence-electron chi connectivity index (χ0n) is 10.9. The largest absolute Gasteiger partial charge is 0.382 e. The predicted molar refractivity (Wildman–Crippen MR) is 67.6 cm³/mol. The van der Waals surface area contributed by atoms with E-state index in [4.69, 9.17) is 9.47 Å². The van der Waals surface area contributed by atoms with E-state index in [0.717, 1.165) is 13.0 Å². The highest BCUT2D eigenvalue weighted by atomic mass is 32.2. The number of unbranched alkanes of at least 4 members (excludes halogenated alkanes) is 1. The molecular weight excluding hydrogens is 244 g/mol. The van der Waals surface area contributed by atoms with E-state index in [1.54, 1.807) is 7.11 Å². The lowest BCUT2D eigenvalue weighted by molar-refractivity contribution is 0.0320. The summed E-state index contributed by atoms with van der Waals surface area (Å²) in [6, 6.07) is 0. The van der Waals surface area contributed by atoms with Crippen LogP contribution in [-0.4, -0.2) is 61.2 Å². The average molecular weight is 268 g/mol. The molecule has 17 heavy (non-hydrogen) atoms.